The van der Waals surface area contributed by atoms with Crippen molar-refractivity contribution in [1.82, 2.24) is 4.90 Å². The van der Waals surface area contributed by atoms with Crippen molar-refractivity contribution in [2.75, 3.05) is 31.6 Å². The maximum atomic E-state index is 12.8. The molecule has 0 aliphatic carbocycles. The summed E-state index contributed by atoms with van der Waals surface area (Å²) in [6.45, 7) is 7.38. The lowest BCUT2D eigenvalue weighted by molar-refractivity contribution is -0.384. The average molecular weight is 468 g/mol. The highest BCUT2D eigenvalue weighted by Gasteiger charge is 2.17. The smallest absolute Gasteiger partial charge is 0.271 e. The summed E-state index contributed by atoms with van der Waals surface area (Å²) >= 11 is 12.1. The lowest BCUT2D eigenvalue weighted by atomic mass is 10.1. The molecule has 0 saturated carbocycles. The molecule has 7 nitrogen and oxygen atoms in total. The standard InChI is InChI=1S/C20H21Cl2N3O4.C2H6/c21-14-4-7-19(29-11-10-24-8-2-1-3-9-24)16(12-14)20(26)23-18-6-5-15(25(27)28)13-17(18)22;1-2/h4-7,12-13H,1-3,8-11H2,(H,23,26);1-2H3. The van der Waals surface area contributed by atoms with Crippen molar-refractivity contribution in [1.29, 1.82) is 0 Å². The molecule has 0 unspecified atom stereocenters. The van der Waals surface area contributed by atoms with Gasteiger partial charge in [0.25, 0.3) is 11.6 Å². The molecule has 3 rings (SSSR count). The maximum Gasteiger partial charge on any atom is 0.271 e. The van der Waals surface area contributed by atoms with Gasteiger partial charge in [0, 0.05) is 23.7 Å². The van der Waals surface area contributed by atoms with Crippen molar-refractivity contribution in [2.45, 2.75) is 33.1 Å². The van der Waals surface area contributed by atoms with Gasteiger partial charge in [-0.15, -0.1) is 0 Å². The molecule has 0 spiro atoms. The molecule has 1 fully saturated rings. The number of non-ortho nitro benzene ring substituents is 1. The van der Waals surface area contributed by atoms with Gasteiger partial charge in [-0.1, -0.05) is 43.5 Å². The lowest BCUT2D eigenvalue weighted by Crippen LogP contribution is -2.33. The van der Waals surface area contributed by atoms with Gasteiger partial charge in [-0.2, -0.15) is 0 Å². The summed E-state index contributed by atoms with van der Waals surface area (Å²) in [5, 5.41) is 14.0. The normalized spacial score (nSPS) is 13.7. The van der Waals surface area contributed by atoms with E-state index in [1.807, 2.05) is 13.8 Å². The number of piperidine rings is 1. The predicted octanol–water partition coefficient (Wildman–Crippen LogP) is 6.04. The van der Waals surface area contributed by atoms with Crippen LogP contribution in [0.5, 0.6) is 5.75 Å². The van der Waals surface area contributed by atoms with Crippen molar-refractivity contribution in [3.8, 4) is 5.75 Å². The van der Waals surface area contributed by atoms with Crippen LogP contribution in [0.1, 0.15) is 43.5 Å². The number of carbonyl (C=O) groups excluding carboxylic acids is 1. The first-order chi connectivity index (χ1) is 14.9. The molecule has 0 radical (unpaired) electrons. The van der Waals surface area contributed by atoms with Crippen LogP contribution < -0.4 is 10.1 Å². The number of nitro groups is 1. The van der Waals surface area contributed by atoms with E-state index < -0.39 is 10.8 Å². The second-order valence-corrected chi connectivity index (χ2v) is 7.61. The van der Waals surface area contributed by atoms with E-state index in [-0.39, 0.29) is 22.0 Å². The molecule has 0 bridgehead atoms. The van der Waals surface area contributed by atoms with Crippen molar-refractivity contribution in [3.63, 3.8) is 0 Å². The van der Waals surface area contributed by atoms with Gasteiger partial charge in [-0.3, -0.25) is 19.8 Å². The number of hydrogen-bond donors (Lipinski definition) is 1. The number of hydrogen-bond acceptors (Lipinski definition) is 5. The van der Waals surface area contributed by atoms with Crippen molar-refractivity contribution >= 4 is 40.5 Å². The number of carbonyl (C=O) groups is 1. The van der Waals surface area contributed by atoms with Gasteiger partial charge < -0.3 is 10.1 Å². The summed E-state index contributed by atoms with van der Waals surface area (Å²) in [5.41, 5.74) is 0.379. The molecule has 31 heavy (non-hydrogen) atoms. The fourth-order valence-corrected chi connectivity index (χ4v) is 3.58. The zero-order valence-corrected chi connectivity index (χ0v) is 19.2. The molecule has 9 heteroatoms. The van der Waals surface area contributed by atoms with Gasteiger partial charge in [0.2, 0.25) is 0 Å². The number of amides is 1. The van der Waals surface area contributed by atoms with Crippen LogP contribution in [0.3, 0.4) is 0 Å². The van der Waals surface area contributed by atoms with Crippen LogP contribution >= 0.6 is 23.2 Å². The first-order valence-electron chi connectivity index (χ1n) is 10.3. The summed E-state index contributed by atoms with van der Waals surface area (Å²) in [6, 6.07) is 8.69. The summed E-state index contributed by atoms with van der Waals surface area (Å²) in [5.74, 6) is -0.0434. The molecule has 1 aliphatic heterocycles. The first-order valence-corrected chi connectivity index (χ1v) is 11.1. The van der Waals surface area contributed by atoms with Gasteiger partial charge in [-0.25, -0.2) is 0 Å². The minimum Gasteiger partial charge on any atom is -0.491 e. The summed E-state index contributed by atoms with van der Waals surface area (Å²) < 4.78 is 5.85. The number of halogens is 2. The Balaban J connectivity index is 0.00000166. The molecular weight excluding hydrogens is 441 g/mol. The number of nitro benzene ring substituents is 1. The quantitative estimate of drug-likeness (QED) is 0.395. The van der Waals surface area contributed by atoms with Gasteiger partial charge in [-0.05, 0) is 50.2 Å². The molecule has 2 aromatic carbocycles. The lowest BCUT2D eigenvalue weighted by Gasteiger charge is -2.26. The number of benzene rings is 2. The van der Waals surface area contributed by atoms with Gasteiger partial charge >= 0.3 is 0 Å². The minimum absolute atomic E-state index is 0.0714. The van der Waals surface area contributed by atoms with E-state index in [4.69, 9.17) is 27.9 Å². The molecule has 2 aromatic rings. The number of nitrogens with one attached hydrogen (secondary N) is 1. The van der Waals surface area contributed by atoms with E-state index in [1.54, 1.807) is 12.1 Å². The van der Waals surface area contributed by atoms with Gasteiger partial charge in [0.05, 0.1) is 21.2 Å². The zero-order valence-electron chi connectivity index (χ0n) is 17.7. The van der Waals surface area contributed by atoms with E-state index in [0.717, 1.165) is 19.6 Å². The number of anilines is 1. The monoisotopic (exact) mass is 467 g/mol. The number of likely N-dealkylation sites (tertiary alicyclic amines) is 1. The third kappa shape index (κ3) is 7.38. The third-order valence-corrected chi connectivity index (χ3v) is 5.26. The summed E-state index contributed by atoms with van der Waals surface area (Å²) in [6.07, 6.45) is 3.67. The van der Waals surface area contributed by atoms with Gasteiger partial charge in [0.15, 0.2) is 0 Å². The van der Waals surface area contributed by atoms with E-state index in [2.05, 4.69) is 10.2 Å². The van der Waals surface area contributed by atoms with E-state index in [1.165, 1.54) is 43.5 Å². The molecule has 168 valence electrons. The van der Waals surface area contributed by atoms with Crippen LogP contribution in [-0.4, -0.2) is 42.0 Å². The van der Waals surface area contributed by atoms with Crippen molar-refractivity contribution < 1.29 is 14.5 Å². The molecule has 1 saturated heterocycles. The predicted molar refractivity (Wildman–Crippen MR) is 125 cm³/mol. The van der Waals surface area contributed by atoms with E-state index in [0.29, 0.717) is 17.4 Å². The van der Waals surface area contributed by atoms with Crippen LogP contribution in [-0.2, 0) is 0 Å². The van der Waals surface area contributed by atoms with Crippen molar-refractivity contribution in [3.05, 3.63) is 62.1 Å². The van der Waals surface area contributed by atoms with E-state index in [9.17, 15) is 14.9 Å². The summed E-state index contributed by atoms with van der Waals surface area (Å²) in [4.78, 5) is 25.4. The highest BCUT2D eigenvalue weighted by atomic mass is 35.5. The molecule has 1 amide bonds. The fraction of sp³-hybridized carbons (Fsp3) is 0.409. The molecule has 0 aromatic heterocycles. The topological polar surface area (TPSA) is 84.7 Å². The second-order valence-electron chi connectivity index (χ2n) is 6.77. The van der Waals surface area contributed by atoms with Crippen molar-refractivity contribution in [2.24, 2.45) is 0 Å². The Hall–Kier alpha value is -2.35. The summed E-state index contributed by atoms with van der Waals surface area (Å²) in [7, 11) is 0. The number of nitrogens with zero attached hydrogens (tertiary/aromatic N) is 2. The van der Waals surface area contributed by atoms with Gasteiger partial charge in [0.1, 0.15) is 12.4 Å². The molecule has 1 N–H and O–H groups in total. The second kappa shape index (κ2) is 12.5. The Morgan fingerprint density at radius 3 is 2.48 bits per heavy atom. The zero-order chi connectivity index (χ0) is 22.8. The number of rotatable bonds is 7. The maximum absolute atomic E-state index is 12.8. The van der Waals surface area contributed by atoms with E-state index >= 15 is 0 Å². The van der Waals surface area contributed by atoms with Crippen LogP contribution in [0.25, 0.3) is 0 Å². The fourth-order valence-electron chi connectivity index (χ4n) is 3.18. The van der Waals surface area contributed by atoms with Crippen LogP contribution in [0.15, 0.2) is 36.4 Å². The Kier molecular flexibility index (Phi) is 10.0. The molecular formula is C22H27Cl2N3O4. The highest BCUT2D eigenvalue weighted by Crippen LogP contribution is 2.29. The molecule has 1 aliphatic rings. The SMILES string of the molecule is CC.O=C(Nc1ccc([N+](=O)[O-])cc1Cl)c1cc(Cl)ccc1OCCN1CCCCC1. The van der Waals surface area contributed by atoms with Crippen LogP contribution in [0.2, 0.25) is 10.0 Å². The van der Waals surface area contributed by atoms with Crippen LogP contribution in [0.4, 0.5) is 11.4 Å². The third-order valence-electron chi connectivity index (χ3n) is 4.71. The Labute approximate surface area is 192 Å². The first kappa shape index (κ1) is 24.9. The highest BCUT2D eigenvalue weighted by molar-refractivity contribution is 6.34. The Bertz CT molecular complexity index is 902. The molecule has 1 heterocycles. The average Bonchev–Trinajstić information content (AvgIpc) is 2.78. The Morgan fingerprint density at radius 2 is 1.84 bits per heavy atom. The van der Waals surface area contributed by atoms with Crippen LogP contribution in [0, 0.1) is 10.1 Å². The minimum atomic E-state index is -0.553. The number of ether oxygens (including phenoxy) is 1. The Morgan fingerprint density at radius 1 is 1.13 bits per heavy atom. The molecule has 0 atom stereocenters. The largest absolute Gasteiger partial charge is 0.491 e.